The maximum atomic E-state index is 12.8. The second-order valence-electron chi connectivity index (χ2n) is 2.23. The van der Waals surface area contributed by atoms with Crippen LogP contribution in [-0.4, -0.2) is 7.11 Å². The monoisotopic (exact) mass is 230 g/mol. The Hall–Kier alpha value is -0.830. The van der Waals surface area contributed by atoms with E-state index in [1.807, 2.05) is 0 Å². The summed E-state index contributed by atoms with van der Waals surface area (Å²) >= 11 is 3.24. The first-order chi connectivity index (χ1) is 5.66. The van der Waals surface area contributed by atoms with Gasteiger partial charge in [-0.15, -0.1) is 0 Å². The summed E-state index contributed by atoms with van der Waals surface area (Å²) < 4.78 is 18.5. The molecule has 0 atom stereocenters. The first-order valence-corrected chi connectivity index (χ1v) is 4.13. The van der Waals surface area contributed by atoms with E-state index in [1.165, 1.54) is 7.11 Å². The van der Waals surface area contributed by atoms with Crippen LogP contribution in [0, 0.1) is 0 Å². The van der Waals surface area contributed by atoms with Crippen molar-refractivity contribution in [1.29, 1.82) is 0 Å². The number of para-hydroxylation sites is 1. The molecular formula is C9H8BrFO. The molecule has 1 rings (SSSR count). The number of benzene rings is 1. The van der Waals surface area contributed by atoms with Gasteiger partial charge in [0.25, 0.3) is 0 Å². The maximum Gasteiger partial charge on any atom is 0.143 e. The van der Waals surface area contributed by atoms with Crippen LogP contribution in [0.2, 0.25) is 0 Å². The molecular weight excluding hydrogens is 223 g/mol. The number of halogens is 2. The highest BCUT2D eigenvalue weighted by Gasteiger charge is 2.08. The van der Waals surface area contributed by atoms with Gasteiger partial charge in [0.15, 0.2) is 0 Å². The number of hydrogen-bond acceptors (Lipinski definition) is 1. The largest absolute Gasteiger partial charge is 0.495 e. The standard InChI is InChI=1S/C9H8BrFO/c1-6(11)7-4-3-5-8(10)9(7)12-2/h3-5H,1H2,2H3. The van der Waals surface area contributed by atoms with E-state index in [2.05, 4.69) is 22.5 Å². The van der Waals surface area contributed by atoms with E-state index < -0.39 is 5.83 Å². The van der Waals surface area contributed by atoms with Crippen molar-refractivity contribution in [2.45, 2.75) is 0 Å². The van der Waals surface area contributed by atoms with Crippen LogP contribution < -0.4 is 4.74 Å². The van der Waals surface area contributed by atoms with E-state index >= 15 is 0 Å². The van der Waals surface area contributed by atoms with E-state index in [4.69, 9.17) is 4.74 Å². The fraction of sp³-hybridized carbons (Fsp3) is 0.111. The molecule has 0 N–H and O–H groups in total. The number of rotatable bonds is 2. The van der Waals surface area contributed by atoms with E-state index in [0.717, 1.165) is 4.47 Å². The first kappa shape index (κ1) is 9.26. The molecule has 1 aromatic carbocycles. The summed E-state index contributed by atoms with van der Waals surface area (Å²) in [4.78, 5) is 0. The SMILES string of the molecule is C=C(F)c1cccc(Br)c1OC. The Morgan fingerprint density at radius 1 is 1.58 bits per heavy atom. The minimum atomic E-state index is -0.492. The van der Waals surface area contributed by atoms with Gasteiger partial charge in [-0.05, 0) is 28.1 Å². The normalized spacial score (nSPS) is 9.58. The van der Waals surface area contributed by atoms with Crippen LogP contribution in [0.5, 0.6) is 5.75 Å². The van der Waals surface area contributed by atoms with Gasteiger partial charge in [-0.2, -0.15) is 0 Å². The Kier molecular flexibility index (Phi) is 2.87. The fourth-order valence-electron chi connectivity index (χ4n) is 0.930. The smallest absolute Gasteiger partial charge is 0.143 e. The van der Waals surface area contributed by atoms with Crippen LogP contribution in [0.25, 0.3) is 5.83 Å². The van der Waals surface area contributed by atoms with E-state index in [0.29, 0.717) is 11.3 Å². The Morgan fingerprint density at radius 3 is 2.67 bits per heavy atom. The third-order valence-electron chi connectivity index (χ3n) is 1.46. The number of hydrogen-bond donors (Lipinski definition) is 0. The zero-order valence-corrected chi connectivity index (χ0v) is 8.19. The predicted octanol–water partition coefficient (Wildman–Crippen LogP) is 3.40. The molecule has 3 heteroatoms. The van der Waals surface area contributed by atoms with Crippen LogP contribution in [0.1, 0.15) is 5.56 Å². The van der Waals surface area contributed by atoms with Gasteiger partial charge in [0.2, 0.25) is 0 Å². The second-order valence-corrected chi connectivity index (χ2v) is 3.08. The topological polar surface area (TPSA) is 9.23 Å². The predicted molar refractivity (Wildman–Crippen MR) is 50.8 cm³/mol. The highest BCUT2D eigenvalue weighted by Crippen LogP contribution is 2.32. The van der Waals surface area contributed by atoms with Crippen molar-refractivity contribution in [2.75, 3.05) is 7.11 Å². The number of methoxy groups -OCH3 is 1. The van der Waals surface area contributed by atoms with Gasteiger partial charge in [-0.1, -0.05) is 12.6 Å². The lowest BCUT2D eigenvalue weighted by molar-refractivity contribution is 0.409. The second kappa shape index (κ2) is 3.72. The van der Waals surface area contributed by atoms with Gasteiger partial charge in [-0.25, -0.2) is 4.39 Å². The average Bonchev–Trinajstić information content (AvgIpc) is 2.03. The molecule has 0 fully saturated rings. The summed E-state index contributed by atoms with van der Waals surface area (Å²) in [5, 5.41) is 0. The van der Waals surface area contributed by atoms with E-state index in [1.54, 1.807) is 18.2 Å². The van der Waals surface area contributed by atoms with Crippen LogP contribution >= 0.6 is 15.9 Å². The molecule has 0 amide bonds. The molecule has 12 heavy (non-hydrogen) atoms. The number of ether oxygens (including phenoxy) is 1. The zero-order valence-electron chi connectivity index (χ0n) is 6.60. The Bertz CT molecular complexity index is 309. The van der Waals surface area contributed by atoms with Gasteiger partial charge in [0.1, 0.15) is 11.6 Å². The zero-order chi connectivity index (χ0) is 9.14. The van der Waals surface area contributed by atoms with Crippen molar-refractivity contribution in [3.63, 3.8) is 0 Å². The summed E-state index contributed by atoms with van der Waals surface area (Å²) in [6, 6.07) is 5.13. The third-order valence-corrected chi connectivity index (χ3v) is 2.09. The lowest BCUT2D eigenvalue weighted by Crippen LogP contribution is -1.89. The van der Waals surface area contributed by atoms with Gasteiger partial charge < -0.3 is 4.74 Å². The first-order valence-electron chi connectivity index (χ1n) is 3.34. The van der Waals surface area contributed by atoms with Crippen LogP contribution in [0.15, 0.2) is 29.3 Å². The van der Waals surface area contributed by atoms with Crippen LogP contribution in [0.4, 0.5) is 4.39 Å². The molecule has 0 saturated heterocycles. The van der Waals surface area contributed by atoms with Gasteiger partial charge in [0.05, 0.1) is 17.1 Å². The van der Waals surface area contributed by atoms with Crippen molar-refractivity contribution in [3.05, 3.63) is 34.8 Å². The summed E-state index contributed by atoms with van der Waals surface area (Å²) in [5.41, 5.74) is 0.381. The molecule has 0 bridgehead atoms. The highest BCUT2D eigenvalue weighted by molar-refractivity contribution is 9.10. The summed E-state index contributed by atoms with van der Waals surface area (Å²) in [7, 11) is 1.49. The molecule has 0 spiro atoms. The van der Waals surface area contributed by atoms with Gasteiger partial charge >= 0.3 is 0 Å². The molecule has 0 heterocycles. The van der Waals surface area contributed by atoms with Crippen molar-refractivity contribution in [2.24, 2.45) is 0 Å². The fourth-order valence-corrected chi connectivity index (χ4v) is 1.46. The van der Waals surface area contributed by atoms with Gasteiger partial charge in [-0.3, -0.25) is 0 Å². The highest BCUT2D eigenvalue weighted by atomic mass is 79.9. The molecule has 0 aliphatic heterocycles. The van der Waals surface area contributed by atoms with Gasteiger partial charge in [0, 0.05) is 0 Å². The van der Waals surface area contributed by atoms with Crippen molar-refractivity contribution in [1.82, 2.24) is 0 Å². The summed E-state index contributed by atoms with van der Waals surface area (Å²) in [5.74, 6) is -0.0156. The molecule has 64 valence electrons. The van der Waals surface area contributed by atoms with E-state index in [9.17, 15) is 4.39 Å². The lowest BCUT2D eigenvalue weighted by Gasteiger charge is -2.07. The molecule has 1 aromatic rings. The van der Waals surface area contributed by atoms with Crippen molar-refractivity contribution in [3.8, 4) is 5.75 Å². The van der Waals surface area contributed by atoms with Crippen LogP contribution in [-0.2, 0) is 0 Å². The minimum absolute atomic E-state index is 0.381. The maximum absolute atomic E-state index is 12.8. The summed E-state index contributed by atoms with van der Waals surface area (Å²) in [6.07, 6.45) is 0. The molecule has 0 radical (unpaired) electrons. The summed E-state index contributed by atoms with van der Waals surface area (Å²) in [6.45, 7) is 3.21. The Labute approximate surface area is 79.0 Å². The quantitative estimate of drug-likeness (QED) is 0.757. The average molecular weight is 231 g/mol. The molecule has 1 nitrogen and oxygen atoms in total. The van der Waals surface area contributed by atoms with Crippen molar-refractivity contribution < 1.29 is 9.13 Å². The third kappa shape index (κ3) is 1.67. The lowest BCUT2D eigenvalue weighted by atomic mass is 10.2. The molecule has 0 aromatic heterocycles. The minimum Gasteiger partial charge on any atom is -0.495 e. The van der Waals surface area contributed by atoms with E-state index in [-0.39, 0.29) is 0 Å². The Morgan fingerprint density at radius 2 is 2.25 bits per heavy atom. The Balaban J connectivity index is 3.27. The molecule has 0 saturated carbocycles. The molecule has 0 unspecified atom stereocenters. The van der Waals surface area contributed by atoms with Crippen LogP contribution in [0.3, 0.4) is 0 Å². The molecule has 0 aliphatic carbocycles. The molecule has 0 aliphatic rings. The van der Waals surface area contributed by atoms with Crippen molar-refractivity contribution >= 4 is 21.8 Å².